The van der Waals surface area contributed by atoms with Crippen molar-refractivity contribution >= 4 is 17.3 Å². The zero-order valence-electron chi connectivity index (χ0n) is 12.2. The molecule has 0 radical (unpaired) electrons. The van der Waals surface area contributed by atoms with E-state index in [0.29, 0.717) is 16.9 Å². The van der Waals surface area contributed by atoms with E-state index in [1.165, 1.54) is 48.7 Å². The molecule has 2 aromatic carbocycles. The molecule has 0 bridgehead atoms. The highest BCUT2D eigenvalue weighted by molar-refractivity contribution is 5.67. The van der Waals surface area contributed by atoms with Gasteiger partial charge in [0, 0.05) is 23.5 Å². The maximum Gasteiger partial charge on any atom is 0.311 e. The number of anilines is 2. The highest BCUT2D eigenvalue weighted by Gasteiger charge is 2.15. The van der Waals surface area contributed by atoms with Crippen molar-refractivity contribution in [1.29, 1.82) is 0 Å². The molecule has 7 nitrogen and oxygen atoms in total. The highest BCUT2D eigenvalue weighted by Crippen LogP contribution is 2.30. The Kier molecular flexibility index (Phi) is 4.02. The van der Waals surface area contributed by atoms with E-state index in [9.17, 15) is 19.6 Å². The first-order chi connectivity index (χ1) is 11.5. The van der Waals surface area contributed by atoms with E-state index in [1.54, 1.807) is 6.07 Å². The topological polar surface area (TPSA) is 101 Å². The van der Waals surface area contributed by atoms with Gasteiger partial charge in [-0.15, -0.1) is 0 Å². The highest BCUT2D eigenvalue weighted by atomic mass is 19.1. The van der Waals surface area contributed by atoms with Crippen LogP contribution in [0.2, 0.25) is 0 Å². The van der Waals surface area contributed by atoms with Crippen LogP contribution in [-0.4, -0.2) is 20.0 Å². The van der Waals surface area contributed by atoms with Gasteiger partial charge in [0.05, 0.1) is 10.6 Å². The number of nitrogens with zero attached hydrogens (tertiary/aromatic N) is 3. The lowest BCUT2D eigenvalue weighted by Crippen LogP contribution is -1.98. The van der Waals surface area contributed by atoms with Gasteiger partial charge in [0.1, 0.15) is 5.82 Å². The van der Waals surface area contributed by atoms with Gasteiger partial charge in [0.2, 0.25) is 5.95 Å². The normalized spacial score (nSPS) is 10.4. The minimum atomic E-state index is -0.669. The van der Waals surface area contributed by atoms with E-state index in [-0.39, 0.29) is 11.8 Å². The molecule has 0 aliphatic carbocycles. The quantitative estimate of drug-likeness (QED) is 0.560. The number of nitro benzene ring substituents is 1. The maximum absolute atomic E-state index is 12.9. The molecule has 0 aliphatic heterocycles. The fraction of sp³-hybridized carbons (Fsp3) is 0. The van der Waals surface area contributed by atoms with Crippen LogP contribution in [0.3, 0.4) is 0 Å². The van der Waals surface area contributed by atoms with Gasteiger partial charge in [0.15, 0.2) is 5.75 Å². The molecule has 3 rings (SSSR count). The van der Waals surface area contributed by atoms with Gasteiger partial charge in [-0.2, -0.15) is 0 Å². The molecule has 0 atom stereocenters. The van der Waals surface area contributed by atoms with E-state index in [1.807, 2.05) is 0 Å². The summed E-state index contributed by atoms with van der Waals surface area (Å²) < 4.78 is 12.9. The third-order valence-electron chi connectivity index (χ3n) is 3.22. The zero-order valence-corrected chi connectivity index (χ0v) is 12.2. The molecule has 0 saturated heterocycles. The molecule has 1 aromatic heterocycles. The predicted molar refractivity (Wildman–Crippen MR) is 85.5 cm³/mol. The summed E-state index contributed by atoms with van der Waals surface area (Å²) in [5.74, 6) is -0.510. The van der Waals surface area contributed by atoms with E-state index in [4.69, 9.17) is 0 Å². The molecular weight excluding hydrogens is 315 g/mol. The number of nitrogens with one attached hydrogen (secondary N) is 1. The predicted octanol–water partition coefficient (Wildman–Crippen LogP) is 3.64. The van der Waals surface area contributed by atoms with Crippen LogP contribution in [0.1, 0.15) is 0 Å². The van der Waals surface area contributed by atoms with E-state index in [2.05, 4.69) is 15.3 Å². The summed E-state index contributed by atoms with van der Waals surface area (Å²) in [7, 11) is 0. The molecule has 120 valence electrons. The van der Waals surface area contributed by atoms with Crippen molar-refractivity contribution in [3.63, 3.8) is 0 Å². The number of aromatic nitrogens is 2. The van der Waals surface area contributed by atoms with Crippen molar-refractivity contribution in [2.75, 3.05) is 5.32 Å². The summed E-state index contributed by atoms with van der Waals surface area (Å²) in [4.78, 5) is 18.6. The molecule has 0 aliphatic rings. The standard InChI is InChI=1S/C16H11FN4O3/c17-11-2-4-12(5-3-11)19-16-18-8-7-13(20-16)10-1-6-15(22)14(9-10)21(23)24/h1-9,22H,(H,18,19,20). The van der Waals surface area contributed by atoms with Crippen LogP contribution in [0.5, 0.6) is 5.75 Å². The fourth-order valence-electron chi connectivity index (χ4n) is 2.07. The van der Waals surface area contributed by atoms with Crippen LogP contribution in [0.25, 0.3) is 11.3 Å². The van der Waals surface area contributed by atoms with Gasteiger partial charge in [-0.05, 0) is 42.5 Å². The lowest BCUT2D eigenvalue weighted by molar-refractivity contribution is -0.385. The number of benzene rings is 2. The Labute approximate surface area is 135 Å². The summed E-state index contributed by atoms with van der Waals surface area (Å²) >= 11 is 0. The van der Waals surface area contributed by atoms with Crippen LogP contribution >= 0.6 is 0 Å². The number of phenolic OH excluding ortho intramolecular Hbond substituents is 1. The SMILES string of the molecule is O=[N+]([O-])c1cc(-c2ccnc(Nc3ccc(F)cc3)n2)ccc1O. The number of hydrogen-bond acceptors (Lipinski definition) is 6. The summed E-state index contributed by atoms with van der Waals surface area (Å²) in [6.45, 7) is 0. The summed E-state index contributed by atoms with van der Waals surface area (Å²) in [5.41, 5.74) is 1.10. The van der Waals surface area contributed by atoms with Crippen molar-refractivity contribution in [2.24, 2.45) is 0 Å². The second-order valence-corrected chi connectivity index (χ2v) is 4.86. The van der Waals surface area contributed by atoms with Crippen molar-refractivity contribution in [2.45, 2.75) is 0 Å². The maximum atomic E-state index is 12.9. The number of nitro groups is 1. The average molecular weight is 326 g/mol. The van der Waals surface area contributed by atoms with Gasteiger partial charge in [-0.1, -0.05) is 0 Å². The Hall–Kier alpha value is -3.55. The van der Waals surface area contributed by atoms with Crippen LogP contribution in [0.4, 0.5) is 21.7 Å². The van der Waals surface area contributed by atoms with Gasteiger partial charge in [-0.25, -0.2) is 14.4 Å². The summed E-state index contributed by atoms with van der Waals surface area (Å²) in [5, 5.41) is 23.3. The Morgan fingerprint density at radius 1 is 1.12 bits per heavy atom. The van der Waals surface area contributed by atoms with Gasteiger partial charge >= 0.3 is 5.69 Å². The third kappa shape index (κ3) is 3.27. The minimum Gasteiger partial charge on any atom is -0.502 e. The largest absolute Gasteiger partial charge is 0.502 e. The molecule has 0 fully saturated rings. The lowest BCUT2D eigenvalue weighted by Gasteiger charge is -2.07. The van der Waals surface area contributed by atoms with Gasteiger partial charge < -0.3 is 10.4 Å². The molecule has 0 amide bonds. The fourth-order valence-corrected chi connectivity index (χ4v) is 2.07. The molecule has 1 heterocycles. The first kappa shape index (κ1) is 15.3. The first-order valence-corrected chi connectivity index (χ1v) is 6.86. The second-order valence-electron chi connectivity index (χ2n) is 4.86. The van der Waals surface area contributed by atoms with Crippen LogP contribution < -0.4 is 5.32 Å². The zero-order chi connectivity index (χ0) is 17.1. The molecule has 3 aromatic rings. The third-order valence-corrected chi connectivity index (χ3v) is 3.22. The van der Waals surface area contributed by atoms with E-state index in [0.717, 1.165) is 0 Å². The first-order valence-electron chi connectivity index (χ1n) is 6.86. The lowest BCUT2D eigenvalue weighted by atomic mass is 10.1. The Morgan fingerprint density at radius 2 is 1.88 bits per heavy atom. The molecule has 8 heteroatoms. The number of hydrogen-bond donors (Lipinski definition) is 2. The van der Waals surface area contributed by atoms with Crippen molar-refractivity contribution in [1.82, 2.24) is 9.97 Å². The van der Waals surface area contributed by atoms with Crippen molar-refractivity contribution < 1.29 is 14.4 Å². The Morgan fingerprint density at radius 3 is 2.58 bits per heavy atom. The Balaban J connectivity index is 1.91. The summed E-state index contributed by atoms with van der Waals surface area (Å²) in [6, 6.07) is 11.3. The average Bonchev–Trinajstić information content (AvgIpc) is 2.57. The minimum absolute atomic E-state index is 0.259. The number of phenols is 1. The van der Waals surface area contributed by atoms with Crippen LogP contribution in [-0.2, 0) is 0 Å². The van der Waals surface area contributed by atoms with Crippen LogP contribution in [0, 0.1) is 15.9 Å². The van der Waals surface area contributed by atoms with Gasteiger partial charge in [0.25, 0.3) is 0 Å². The van der Waals surface area contributed by atoms with Crippen LogP contribution in [0.15, 0.2) is 54.7 Å². The Bertz CT molecular complexity index is 900. The number of halogens is 1. The van der Waals surface area contributed by atoms with Crippen molar-refractivity contribution in [3.8, 4) is 17.0 Å². The second kappa shape index (κ2) is 6.29. The molecule has 0 saturated carbocycles. The number of aromatic hydroxyl groups is 1. The monoisotopic (exact) mass is 326 g/mol. The summed E-state index contributed by atoms with van der Waals surface area (Å²) in [6.07, 6.45) is 1.49. The molecule has 0 spiro atoms. The van der Waals surface area contributed by atoms with Gasteiger partial charge in [-0.3, -0.25) is 10.1 Å². The molecule has 2 N–H and O–H groups in total. The van der Waals surface area contributed by atoms with E-state index >= 15 is 0 Å². The molecule has 24 heavy (non-hydrogen) atoms. The number of rotatable bonds is 4. The molecular formula is C16H11FN4O3. The molecule has 0 unspecified atom stereocenters. The van der Waals surface area contributed by atoms with Crippen molar-refractivity contribution in [3.05, 3.63) is 70.7 Å². The van der Waals surface area contributed by atoms with E-state index < -0.39 is 16.4 Å². The smallest absolute Gasteiger partial charge is 0.311 e.